The zero-order valence-corrected chi connectivity index (χ0v) is 37.7. The molecule has 0 aliphatic carbocycles. The van der Waals surface area contributed by atoms with E-state index in [2.05, 4.69) is 214 Å². The summed E-state index contributed by atoms with van der Waals surface area (Å²) in [5, 5.41) is 0. The Balaban J connectivity index is 0.982. The molecule has 0 fully saturated rings. The van der Waals surface area contributed by atoms with Crippen LogP contribution in [0, 0.1) is 0 Å². The molecular formula is C62H56N4. The lowest BCUT2D eigenvalue weighted by Crippen LogP contribution is -2.34. The fourth-order valence-electron chi connectivity index (χ4n) is 11.6. The number of aryl methyl sites for hydroxylation is 4. The first-order valence-electron chi connectivity index (χ1n) is 24.3. The van der Waals surface area contributed by atoms with Gasteiger partial charge in [-0.3, -0.25) is 0 Å². The van der Waals surface area contributed by atoms with E-state index in [1.165, 1.54) is 142 Å². The maximum Gasteiger partial charge on any atom is 0.0468 e. The third kappa shape index (κ3) is 7.54. The van der Waals surface area contributed by atoms with E-state index in [1.54, 1.807) is 0 Å². The van der Waals surface area contributed by atoms with Crippen molar-refractivity contribution in [1.82, 2.24) is 0 Å². The van der Waals surface area contributed by atoms with E-state index in [0.717, 1.165) is 37.1 Å². The van der Waals surface area contributed by atoms with Crippen LogP contribution in [-0.4, -0.2) is 26.2 Å². The quantitative estimate of drug-likeness (QED) is 0.127. The lowest BCUT2D eigenvalue weighted by atomic mass is 9.85. The van der Waals surface area contributed by atoms with Gasteiger partial charge in [0.1, 0.15) is 0 Å². The van der Waals surface area contributed by atoms with Gasteiger partial charge in [0, 0.05) is 71.7 Å². The van der Waals surface area contributed by atoms with Crippen molar-refractivity contribution < 1.29 is 0 Å². The standard InChI is InChI=1S/C62H56N4/c1-5-17-45(18-6-1)59(47-29-33-55(34-30-47)65(53-25-9-3-10-26-53)57-41-49-21-13-37-63-38-14-22-50(42-57)61(49)63)60(46-19-7-2-8-20-46)48-31-35-56(36-32-48)66(54-27-11-4-12-28-54)58-43-51-23-15-39-64-40-16-24-52(44-58)62(51)64/h1-12,17-20,25-36,41-44H,13-16,21-24,37-40H2. The zero-order chi connectivity index (χ0) is 43.8. The maximum atomic E-state index is 2.63. The zero-order valence-electron chi connectivity index (χ0n) is 37.7. The average Bonchev–Trinajstić information content (AvgIpc) is 3.38. The first kappa shape index (κ1) is 40.2. The van der Waals surface area contributed by atoms with Crippen molar-refractivity contribution in [3.63, 3.8) is 0 Å². The van der Waals surface area contributed by atoms with Crippen molar-refractivity contribution in [2.24, 2.45) is 0 Å². The second kappa shape index (κ2) is 17.6. The molecule has 12 rings (SSSR count). The molecule has 0 saturated carbocycles. The van der Waals surface area contributed by atoms with Gasteiger partial charge in [0.2, 0.25) is 0 Å². The molecule has 4 nitrogen and oxygen atoms in total. The molecule has 0 bridgehead atoms. The van der Waals surface area contributed by atoms with Crippen LogP contribution in [0.2, 0.25) is 0 Å². The molecule has 4 heteroatoms. The Kier molecular flexibility index (Phi) is 10.7. The molecule has 8 aromatic rings. The predicted molar refractivity (Wildman–Crippen MR) is 278 cm³/mol. The van der Waals surface area contributed by atoms with Crippen molar-refractivity contribution in [3.8, 4) is 0 Å². The van der Waals surface area contributed by atoms with Crippen molar-refractivity contribution in [2.75, 3.05) is 45.8 Å². The van der Waals surface area contributed by atoms with Gasteiger partial charge >= 0.3 is 0 Å². The topological polar surface area (TPSA) is 13.0 Å². The van der Waals surface area contributed by atoms with Gasteiger partial charge in [-0.1, -0.05) is 121 Å². The summed E-state index contributed by atoms with van der Waals surface area (Å²) in [5.74, 6) is 0. The fraction of sp³-hybridized carbons (Fsp3) is 0.194. The van der Waals surface area contributed by atoms with Gasteiger partial charge in [-0.25, -0.2) is 0 Å². The van der Waals surface area contributed by atoms with Crippen LogP contribution in [0.25, 0.3) is 11.1 Å². The molecule has 0 amide bonds. The molecule has 0 N–H and O–H groups in total. The van der Waals surface area contributed by atoms with Gasteiger partial charge < -0.3 is 19.6 Å². The van der Waals surface area contributed by atoms with E-state index in [-0.39, 0.29) is 0 Å². The Hall–Kier alpha value is -7.30. The highest BCUT2D eigenvalue weighted by Gasteiger charge is 2.28. The van der Waals surface area contributed by atoms with Gasteiger partial charge in [0.25, 0.3) is 0 Å². The van der Waals surface area contributed by atoms with Crippen LogP contribution in [0.1, 0.15) is 70.2 Å². The molecule has 8 aromatic carbocycles. The molecular weight excluding hydrogens is 801 g/mol. The van der Waals surface area contributed by atoms with Gasteiger partial charge in [-0.05, 0) is 180 Å². The van der Waals surface area contributed by atoms with Crippen LogP contribution >= 0.6 is 0 Å². The van der Waals surface area contributed by atoms with E-state index in [4.69, 9.17) is 0 Å². The minimum atomic E-state index is 1.14. The minimum absolute atomic E-state index is 1.14. The van der Waals surface area contributed by atoms with Crippen LogP contribution in [0.5, 0.6) is 0 Å². The Bertz CT molecular complexity index is 2740. The summed E-state index contributed by atoms with van der Waals surface area (Å²) < 4.78 is 0. The third-order valence-electron chi connectivity index (χ3n) is 14.4. The third-order valence-corrected chi connectivity index (χ3v) is 14.4. The molecule has 4 heterocycles. The molecule has 0 atom stereocenters. The minimum Gasteiger partial charge on any atom is -0.371 e. The van der Waals surface area contributed by atoms with Gasteiger partial charge in [-0.2, -0.15) is 0 Å². The summed E-state index contributed by atoms with van der Waals surface area (Å²) in [6.45, 7) is 4.71. The Morgan fingerprint density at radius 3 is 0.879 bits per heavy atom. The Morgan fingerprint density at radius 1 is 0.288 bits per heavy atom. The molecule has 0 saturated heterocycles. The van der Waals surface area contributed by atoms with Crippen molar-refractivity contribution in [2.45, 2.75) is 51.4 Å². The lowest BCUT2D eigenvalue weighted by molar-refractivity contribution is 0.634. The number of para-hydroxylation sites is 2. The number of nitrogens with zero attached hydrogens (tertiary/aromatic N) is 4. The van der Waals surface area contributed by atoms with Gasteiger partial charge in [-0.15, -0.1) is 0 Å². The Morgan fingerprint density at radius 2 is 0.561 bits per heavy atom. The smallest absolute Gasteiger partial charge is 0.0468 e. The molecule has 4 aliphatic heterocycles. The second-order valence-corrected chi connectivity index (χ2v) is 18.5. The van der Waals surface area contributed by atoms with Crippen molar-refractivity contribution in [3.05, 3.63) is 239 Å². The van der Waals surface area contributed by atoms with Crippen LogP contribution in [0.3, 0.4) is 0 Å². The number of hydrogen-bond donors (Lipinski definition) is 0. The summed E-state index contributed by atoms with van der Waals surface area (Å²) in [4.78, 5) is 10.2. The van der Waals surface area contributed by atoms with E-state index in [1.807, 2.05) is 0 Å². The number of hydrogen-bond acceptors (Lipinski definition) is 4. The first-order chi connectivity index (χ1) is 32.7. The molecule has 66 heavy (non-hydrogen) atoms. The largest absolute Gasteiger partial charge is 0.371 e. The van der Waals surface area contributed by atoms with Crippen molar-refractivity contribution >= 4 is 56.6 Å². The average molecular weight is 857 g/mol. The lowest BCUT2D eigenvalue weighted by Gasteiger charge is -2.38. The maximum absolute atomic E-state index is 2.63. The highest BCUT2D eigenvalue weighted by Crippen LogP contribution is 2.46. The summed E-state index contributed by atoms with van der Waals surface area (Å²) in [5.41, 5.74) is 23.3. The summed E-state index contributed by atoms with van der Waals surface area (Å²) in [6, 6.07) is 72.4. The highest BCUT2D eigenvalue weighted by molar-refractivity contribution is 6.05. The Labute approximate surface area is 390 Å². The molecule has 0 aromatic heterocycles. The van der Waals surface area contributed by atoms with E-state index >= 15 is 0 Å². The molecule has 4 aliphatic rings. The molecule has 324 valence electrons. The van der Waals surface area contributed by atoms with Gasteiger partial charge in [0.15, 0.2) is 0 Å². The first-order valence-corrected chi connectivity index (χ1v) is 24.3. The SMILES string of the molecule is c1ccc(C(=C(c2ccccc2)c2ccc(N(c3ccccc3)c3cc4c5c(c3)CCCN5CCC4)cc2)c2ccc(N(c3ccccc3)c3cc4c5c(c3)CCCN5CCC4)cc2)cc1. The predicted octanol–water partition coefficient (Wildman–Crippen LogP) is 15.0. The monoisotopic (exact) mass is 856 g/mol. The van der Waals surface area contributed by atoms with Gasteiger partial charge in [0.05, 0.1) is 0 Å². The highest BCUT2D eigenvalue weighted by atomic mass is 15.2. The summed E-state index contributed by atoms with van der Waals surface area (Å²) in [7, 11) is 0. The summed E-state index contributed by atoms with van der Waals surface area (Å²) >= 11 is 0. The van der Waals surface area contributed by atoms with E-state index in [9.17, 15) is 0 Å². The number of rotatable bonds is 10. The van der Waals surface area contributed by atoms with Crippen LogP contribution in [0.15, 0.2) is 194 Å². The second-order valence-electron chi connectivity index (χ2n) is 18.5. The van der Waals surface area contributed by atoms with Crippen LogP contribution in [-0.2, 0) is 25.7 Å². The number of benzene rings is 8. The van der Waals surface area contributed by atoms with E-state index in [0.29, 0.717) is 0 Å². The molecule has 0 radical (unpaired) electrons. The van der Waals surface area contributed by atoms with Crippen molar-refractivity contribution in [1.29, 1.82) is 0 Å². The summed E-state index contributed by atoms with van der Waals surface area (Å²) in [6.07, 6.45) is 9.43. The molecule has 0 unspecified atom stereocenters. The van der Waals surface area contributed by atoms with E-state index < -0.39 is 0 Å². The normalized spacial score (nSPS) is 15.3. The fourth-order valence-corrected chi connectivity index (χ4v) is 11.6. The molecule has 0 spiro atoms. The number of anilines is 8. The van der Waals surface area contributed by atoms with Crippen LogP contribution in [0.4, 0.5) is 45.5 Å². The van der Waals surface area contributed by atoms with Crippen LogP contribution < -0.4 is 19.6 Å².